The molecular formula is C18H21N3O3. The van der Waals surface area contributed by atoms with Crippen LogP contribution in [0.3, 0.4) is 0 Å². The van der Waals surface area contributed by atoms with E-state index in [9.17, 15) is 9.59 Å². The van der Waals surface area contributed by atoms with Crippen molar-refractivity contribution in [2.24, 2.45) is 5.92 Å². The predicted octanol–water partition coefficient (Wildman–Crippen LogP) is 1.82. The first kappa shape index (κ1) is 16.4. The van der Waals surface area contributed by atoms with Crippen LogP contribution in [0.25, 0.3) is 5.69 Å². The SMILES string of the molecule is Cc1nn(-c2ccccc2)c(C)c1C(=O)C(=O)NC[C@H]1CCOC1. The zero-order valence-electron chi connectivity index (χ0n) is 13.9. The van der Waals surface area contributed by atoms with Crippen molar-refractivity contribution >= 4 is 11.7 Å². The summed E-state index contributed by atoms with van der Waals surface area (Å²) >= 11 is 0. The number of carbonyl (C=O) groups excluding carboxylic acids is 2. The number of amides is 1. The molecule has 1 aliphatic heterocycles. The van der Waals surface area contributed by atoms with E-state index in [2.05, 4.69) is 10.4 Å². The lowest BCUT2D eigenvalue weighted by Crippen LogP contribution is -2.35. The van der Waals surface area contributed by atoms with Crippen molar-refractivity contribution in [3.63, 3.8) is 0 Å². The average molecular weight is 327 g/mol. The summed E-state index contributed by atoms with van der Waals surface area (Å²) in [4.78, 5) is 24.8. The predicted molar refractivity (Wildman–Crippen MR) is 89.3 cm³/mol. The quantitative estimate of drug-likeness (QED) is 0.671. The fourth-order valence-electron chi connectivity index (χ4n) is 2.97. The molecule has 2 heterocycles. The molecule has 3 rings (SSSR count). The van der Waals surface area contributed by atoms with Crippen LogP contribution >= 0.6 is 0 Å². The van der Waals surface area contributed by atoms with E-state index in [1.165, 1.54) is 0 Å². The molecule has 2 aromatic rings. The summed E-state index contributed by atoms with van der Waals surface area (Å²) in [6.45, 7) is 5.38. The highest BCUT2D eigenvalue weighted by molar-refractivity contribution is 6.43. The van der Waals surface area contributed by atoms with Gasteiger partial charge in [0, 0.05) is 19.1 Å². The van der Waals surface area contributed by atoms with Crippen molar-refractivity contribution < 1.29 is 14.3 Å². The first-order chi connectivity index (χ1) is 11.6. The van der Waals surface area contributed by atoms with Gasteiger partial charge in [-0.05, 0) is 32.4 Å². The number of benzene rings is 1. The summed E-state index contributed by atoms with van der Waals surface area (Å²) in [5.41, 5.74) is 2.46. The number of aryl methyl sites for hydroxylation is 1. The second-order valence-corrected chi connectivity index (χ2v) is 6.06. The van der Waals surface area contributed by atoms with Gasteiger partial charge in [0.1, 0.15) is 0 Å². The van der Waals surface area contributed by atoms with E-state index in [0.29, 0.717) is 30.1 Å². The lowest BCUT2D eigenvalue weighted by atomic mass is 10.1. The van der Waals surface area contributed by atoms with Gasteiger partial charge in [0.15, 0.2) is 0 Å². The second kappa shape index (κ2) is 6.97. The average Bonchev–Trinajstić information content (AvgIpc) is 3.21. The van der Waals surface area contributed by atoms with Crippen LogP contribution in [-0.4, -0.2) is 41.2 Å². The Balaban J connectivity index is 1.77. The van der Waals surface area contributed by atoms with E-state index >= 15 is 0 Å². The third kappa shape index (κ3) is 3.23. The largest absolute Gasteiger partial charge is 0.381 e. The molecule has 1 atom stereocenters. The molecule has 0 radical (unpaired) electrons. The summed E-state index contributed by atoms with van der Waals surface area (Å²) in [6, 6.07) is 9.55. The molecule has 0 unspecified atom stereocenters. The summed E-state index contributed by atoms with van der Waals surface area (Å²) in [7, 11) is 0. The van der Waals surface area contributed by atoms with E-state index in [1.54, 1.807) is 18.5 Å². The maximum atomic E-state index is 12.5. The minimum atomic E-state index is -0.583. The van der Waals surface area contributed by atoms with Crippen molar-refractivity contribution in [1.82, 2.24) is 15.1 Å². The normalized spacial score (nSPS) is 17.0. The fourth-order valence-corrected chi connectivity index (χ4v) is 2.97. The molecule has 6 nitrogen and oxygen atoms in total. The Labute approximate surface area is 140 Å². The lowest BCUT2D eigenvalue weighted by Gasteiger charge is -2.09. The first-order valence-electron chi connectivity index (χ1n) is 8.10. The topological polar surface area (TPSA) is 73.2 Å². The van der Waals surface area contributed by atoms with E-state index in [1.807, 2.05) is 30.3 Å². The van der Waals surface area contributed by atoms with Crippen LogP contribution in [0, 0.1) is 19.8 Å². The van der Waals surface area contributed by atoms with Crippen molar-refractivity contribution in [3.05, 3.63) is 47.3 Å². The minimum Gasteiger partial charge on any atom is -0.381 e. The van der Waals surface area contributed by atoms with Gasteiger partial charge in [-0.2, -0.15) is 5.10 Å². The highest BCUT2D eigenvalue weighted by atomic mass is 16.5. The number of aromatic nitrogens is 2. The van der Waals surface area contributed by atoms with Crippen LogP contribution in [0.2, 0.25) is 0 Å². The Hall–Kier alpha value is -2.47. The maximum absolute atomic E-state index is 12.5. The molecule has 1 fully saturated rings. The molecule has 0 bridgehead atoms. The van der Waals surface area contributed by atoms with Crippen LogP contribution < -0.4 is 5.32 Å². The number of ether oxygens (including phenoxy) is 1. The van der Waals surface area contributed by atoms with Gasteiger partial charge < -0.3 is 10.1 Å². The molecule has 1 saturated heterocycles. The number of Topliss-reactive ketones (excluding diaryl/α,β-unsaturated/α-hetero) is 1. The van der Waals surface area contributed by atoms with Crippen molar-refractivity contribution in [1.29, 1.82) is 0 Å². The number of nitrogens with zero attached hydrogens (tertiary/aromatic N) is 2. The molecule has 24 heavy (non-hydrogen) atoms. The standard InChI is InChI=1S/C18H21N3O3/c1-12-16(13(2)21(20-12)15-6-4-3-5-7-15)17(22)18(23)19-10-14-8-9-24-11-14/h3-7,14H,8-11H2,1-2H3,(H,19,23)/t14-/m1/s1. The van der Waals surface area contributed by atoms with Gasteiger partial charge in [-0.3, -0.25) is 9.59 Å². The monoisotopic (exact) mass is 327 g/mol. The van der Waals surface area contributed by atoms with Crippen LogP contribution in [0.1, 0.15) is 28.2 Å². The minimum absolute atomic E-state index is 0.288. The van der Waals surface area contributed by atoms with Crippen molar-refractivity contribution in [2.75, 3.05) is 19.8 Å². The molecule has 1 aromatic carbocycles. The van der Waals surface area contributed by atoms with Crippen molar-refractivity contribution in [3.8, 4) is 5.69 Å². The highest BCUT2D eigenvalue weighted by Gasteiger charge is 2.26. The number of nitrogens with one attached hydrogen (secondary N) is 1. The summed E-state index contributed by atoms with van der Waals surface area (Å²) in [6.07, 6.45) is 0.915. The number of hydrogen-bond donors (Lipinski definition) is 1. The molecule has 126 valence electrons. The third-order valence-electron chi connectivity index (χ3n) is 4.30. The van der Waals surface area contributed by atoms with Crippen LogP contribution in [0.15, 0.2) is 30.3 Å². The smallest absolute Gasteiger partial charge is 0.292 e. The molecule has 0 aliphatic carbocycles. The molecule has 0 saturated carbocycles. The third-order valence-corrected chi connectivity index (χ3v) is 4.30. The van der Waals surface area contributed by atoms with E-state index < -0.39 is 11.7 Å². The summed E-state index contributed by atoms with van der Waals surface area (Å²) in [5, 5.41) is 7.14. The van der Waals surface area contributed by atoms with E-state index in [4.69, 9.17) is 4.74 Å². The molecule has 1 aliphatic rings. The molecule has 6 heteroatoms. The molecule has 0 spiro atoms. The summed E-state index contributed by atoms with van der Waals surface area (Å²) < 4.78 is 6.97. The van der Waals surface area contributed by atoms with E-state index in [0.717, 1.165) is 18.7 Å². The zero-order chi connectivity index (χ0) is 17.1. The number of para-hydroxylation sites is 1. The van der Waals surface area contributed by atoms with Gasteiger partial charge in [-0.25, -0.2) is 4.68 Å². The van der Waals surface area contributed by atoms with E-state index in [-0.39, 0.29) is 5.92 Å². The Morgan fingerprint density at radius 3 is 2.71 bits per heavy atom. The summed E-state index contributed by atoms with van der Waals surface area (Å²) in [5.74, 6) is -0.831. The lowest BCUT2D eigenvalue weighted by molar-refractivity contribution is -0.117. The number of rotatable bonds is 5. The van der Waals surface area contributed by atoms with Gasteiger partial charge in [0.25, 0.3) is 11.7 Å². The van der Waals surface area contributed by atoms with Crippen LogP contribution in [-0.2, 0) is 9.53 Å². The van der Waals surface area contributed by atoms with Gasteiger partial charge in [0.05, 0.1) is 29.2 Å². The number of hydrogen-bond acceptors (Lipinski definition) is 4. The Morgan fingerprint density at radius 1 is 1.29 bits per heavy atom. The molecule has 1 aromatic heterocycles. The molecule has 1 N–H and O–H groups in total. The second-order valence-electron chi connectivity index (χ2n) is 6.06. The zero-order valence-corrected chi connectivity index (χ0v) is 13.9. The fraction of sp³-hybridized carbons (Fsp3) is 0.389. The molecule has 1 amide bonds. The van der Waals surface area contributed by atoms with Crippen LogP contribution in [0.5, 0.6) is 0 Å². The first-order valence-corrected chi connectivity index (χ1v) is 8.10. The Morgan fingerprint density at radius 2 is 2.04 bits per heavy atom. The van der Waals surface area contributed by atoms with Crippen LogP contribution in [0.4, 0.5) is 0 Å². The highest BCUT2D eigenvalue weighted by Crippen LogP contribution is 2.18. The molecular weight excluding hydrogens is 306 g/mol. The maximum Gasteiger partial charge on any atom is 0.292 e. The number of carbonyl (C=O) groups is 2. The number of ketones is 1. The Kier molecular flexibility index (Phi) is 4.76. The van der Waals surface area contributed by atoms with Gasteiger partial charge in [0.2, 0.25) is 0 Å². The Bertz CT molecular complexity index is 746. The van der Waals surface area contributed by atoms with Gasteiger partial charge in [-0.1, -0.05) is 18.2 Å². The van der Waals surface area contributed by atoms with Crippen molar-refractivity contribution in [2.45, 2.75) is 20.3 Å². The van der Waals surface area contributed by atoms with Gasteiger partial charge in [-0.15, -0.1) is 0 Å². The van der Waals surface area contributed by atoms with Gasteiger partial charge >= 0.3 is 0 Å².